The van der Waals surface area contributed by atoms with Crippen LogP contribution < -0.4 is 0 Å². The Kier molecular flexibility index (Phi) is 3.76. The predicted molar refractivity (Wildman–Crippen MR) is 63.4 cm³/mol. The number of fused-ring (bicyclic) bond motifs is 1. The molecule has 0 heterocycles. The summed E-state index contributed by atoms with van der Waals surface area (Å²) in [5.74, 6) is 0. The first-order valence-corrected chi connectivity index (χ1v) is 4.48. The molecule has 0 atom stereocenters. The third-order valence-corrected chi connectivity index (χ3v) is 2.78. The van der Waals surface area contributed by atoms with Gasteiger partial charge in [-0.3, -0.25) is 0 Å². The van der Waals surface area contributed by atoms with Gasteiger partial charge in [0.25, 0.3) is 0 Å². The first-order valence-electron chi connectivity index (χ1n) is 3.65. The molecule has 0 radical (unpaired) electrons. The number of halogens is 1. The molecule has 0 nitrogen and oxygen atoms in total. The van der Waals surface area contributed by atoms with Gasteiger partial charge < -0.3 is 0 Å². The molecule has 0 saturated carbocycles. The van der Waals surface area contributed by atoms with Gasteiger partial charge in [0.15, 0.2) is 0 Å². The van der Waals surface area contributed by atoms with Gasteiger partial charge in [0.2, 0.25) is 0 Å². The van der Waals surface area contributed by atoms with Crippen molar-refractivity contribution in [3.63, 3.8) is 0 Å². The molecule has 0 aromatic heterocycles. The zero-order valence-corrected chi connectivity index (χ0v) is 7.94. The fourth-order valence-electron chi connectivity index (χ4n) is 1.23. The van der Waals surface area contributed by atoms with Gasteiger partial charge in [-0.1, -0.05) is 41.9 Å². The standard InChI is InChI=1S/C10H7ClS.Li.H/c11-9-6-5-7-3-1-2-4-8(7)10(9)12;;/h1-6,12H;;. The minimum absolute atomic E-state index is 0. The van der Waals surface area contributed by atoms with E-state index in [1.165, 1.54) is 5.39 Å². The van der Waals surface area contributed by atoms with Gasteiger partial charge in [-0.15, -0.1) is 12.6 Å². The van der Waals surface area contributed by atoms with Crippen molar-refractivity contribution in [3.8, 4) is 0 Å². The summed E-state index contributed by atoms with van der Waals surface area (Å²) in [6, 6.07) is 11.9. The Balaban J connectivity index is 0.000000845. The summed E-state index contributed by atoms with van der Waals surface area (Å²) in [5, 5.41) is 2.98. The minimum atomic E-state index is 0. The van der Waals surface area contributed by atoms with Crippen LogP contribution in [0.25, 0.3) is 10.8 Å². The Hall–Kier alpha value is -0.0626. The van der Waals surface area contributed by atoms with Crippen LogP contribution in [0.5, 0.6) is 0 Å². The van der Waals surface area contributed by atoms with Gasteiger partial charge in [0.05, 0.1) is 5.02 Å². The maximum absolute atomic E-state index is 5.91. The predicted octanol–water partition coefficient (Wildman–Crippen LogP) is 3.13. The average Bonchev–Trinajstić information content (AvgIpc) is 2.12. The van der Waals surface area contributed by atoms with E-state index in [1.807, 2.05) is 36.4 Å². The molecule has 0 aliphatic carbocycles. The molecule has 2 aromatic rings. The number of hydrogen-bond donors (Lipinski definition) is 1. The SMILES string of the molecule is Sc1c(Cl)ccc2ccccc12.[LiH]. The third kappa shape index (κ3) is 2.06. The van der Waals surface area contributed by atoms with Crippen molar-refractivity contribution in [2.75, 3.05) is 0 Å². The Morgan fingerprint density at radius 2 is 1.69 bits per heavy atom. The van der Waals surface area contributed by atoms with Crippen LogP contribution in [0.3, 0.4) is 0 Å². The van der Waals surface area contributed by atoms with Crippen molar-refractivity contribution in [1.82, 2.24) is 0 Å². The summed E-state index contributed by atoms with van der Waals surface area (Å²) in [6.45, 7) is 0. The number of benzene rings is 2. The van der Waals surface area contributed by atoms with Crippen LogP contribution in [0, 0.1) is 0 Å². The Morgan fingerprint density at radius 1 is 1.00 bits per heavy atom. The number of hydrogen-bond acceptors (Lipinski definition) is 1. The van der Waals surface area contributed by atoms with E-state index >= 15 is 0 Å². The molecule has 0 unspecified atom stereocenters. The zero-order valence-electron chi connectivity index (χ0n) is 6.29. The first kappa shape index (κ1) is 11.0. The van der Waals surface area contributed by atoms with Crippen LogP contribution in [-0.4, -0.2) is 18.9 Å². The average molecular weight is 203 g/mol. The molecule has 3 heteroatoms. The van der Waals surface area contributed by atoms with Crippen LogP contribution in [0.2, 0.25) is 5.02 Å². The molecule has 0 N–H and O–H groups in total. The maximum atomic E-state index is 5.91. The summed E-state index contributed by atoms with van der Waals surface area (Å²) >= 11 is 10.2. The van der Waals surface area contributed by atoms with E-state index < -0.39 is 0 Å². The molecule has 0 fully saturated rings. The van der Waals surface area contributed by atoms with E-state index in [9.17, 15) is 0 Å². The van der Waals surface area contributed by atoms with Crippen LogP contribution in [-0.2, 0) is 0 Å². The van der Waals surface area contributed by atoms with Crippen molar-refractivity contribution in [1.29, 1.82) is 0 Å². The summed E-state index contributed by atoms with van der Waals surface area (Å²) in [4.78, 5) is 0.856. The Labute approximate surface area is 99.9 Å². The fourth-order valence-corrected chi connectivity index (χ4v) is 1.67. The molecule has 0 aliphatic rings. The molecular formula is C10H8ClLiS. The van der Waals surface area contributed by atoms with Gasteiger partial charge in [0.1, 0.15) is 0 Å². The van der Waals surface area contributed by atoms with Crippen LogP contribution in [0.1, 0.15) is 0 Å². The Morgan fingerprint density at radius 3 is 2.46 bits per heavy atom. The zero-order chi connectivity index (χ0) is 8.55. The van der Waals surface area contributed by atoms with Gasteiger partial charge in [-0.2, -0.15) is 0 Å². The monoisotopic (exact) mass is 202 g/mol. The van der Waals surface area contributed by atoms with Crippen LogP contribution in [0.15, 0.2) is 41.3 Å². The molecule has 0 bridgehead atoms. The van der Waals surface area contributed by atoms with E-state index in [0.717, 1.165) is 10.3 Å². The first-order chi connectivity index (χ1) is 5.79. The normalized spacial score (nSPS) is 9.69. The fraction of sp³-hybridized carbons (Fsp3) is 0. The van der Waals surface area contributed by atoms with Crippen LogP contribution in [0.4, 0.5) is 0 Å². The summed E-state index contributed by atoms with van der Waals surface area (Å²) < 4.78 is 0. The molecule has 2 rings (SSSR count). The summed E-state index contributed by atoms with van der Waals surface area (Å²) in [5.41, 5.74) is 0. The molecule has 2 aromatic carbocycles. The molecule has 0 saturated heterocycles. The van der Waals surface area contributed by atoms with E-state index in [-0.39, 0.29) is 18.9 Å². The summed E-state index contributed by atoms with van der Waals surface area (Å²) in [7, 11) is 0. The number of thiol groups is 1. The van der Waals surface area contributed by atoms with Crippen molar-refractivity contribution >= 4 is 53.9 Å². The molecule has 62 valence electrons. The van der Waals surface area contributed by atoms with Gasteiger partial charge in [-0.05, 0) is 16.8 Å². The quantitative estimate of drug-likeness (QED) is 0.493. The summed E-state index contributed by atoms with van der Waals surface area (Å²) in [6.07, 6.45) is 0. The molecule has 13 heavy (non-hydrogen) atoms. The van der Waals surface area contributed by atoms with E-state index in [2.05, 4.69) is 12.6 Å². The van der Waals surface area contributed by atoms with E-state index in [4.69, 9.17) is 11.6 Å². The molecule has 0 amide bonds. The van der Waals surface area contributed by atoms with E-state index in [1.54, 1.807) is 0 Å². The van der Waals surface area contributed by atoms with Gasteiger partial charge in [0, 0.05) is 4.90 Å². The second-order valence-electron chi connectivity index (χ2n) is 2.62. The van der Waals surface area contributed by atoms with Crippen molar-refractivity contribution in [2.24, 2.45) is 0 Å². The van der Waals surface area contributed by atoms with Gasteiger partial charge >= 0.3 is 18.9 Å². The second kappa shape index (κ2) is 4.44. The van der Waals surface area contributed by atoms with Crippen molar-refractivity contribution < 1.29 is 0 Å². The molecular weight excluding hydrogens is 195 g/mol. The van der Waals surface area contributed by atoms with E-state index in [0.29, 0.717) is 5.02 Å². The number of rotatable bonds is 0. The molecule has 0 spiro atoms. The van der Waals surface area contributed by atoms with Crippen LogP contribution >= 0.6 is 24.2 Å². The van der Waals surface area contributed by atoms with Crippen molar-refractivity contribution in [2.45, 2.75) is 4.90 Å². The topological polar surface area (TPSA) is 0 Å². The Bertz CT molecular complexity index is 428. The van der Waals surface area contributed by atoms with Crippen molar-refractivity contribution in [3.05, 3.63) is 41.4 Å². The van der Waals surface area contributed by atoms with Gasteiger partial charge in [-0.25, -0.2) is 0 Å². The third-order valence-electron chi connectivity index (χ3n) is 1.85. The second-order valence-corrected chi connectivity index (χ2v) is 3.47. The molecule has 0 aliphatic heterocycles.